The highest BCUT2D eigenvalue weighted by Gasteiger charge is 2.23. The van der Waals surface area contributed by atoms with Gasteiger partial charge in [-0.3, -0.25) is 9.59 Å². The number of carbonyl (C=O) groups is 1. The molecule has 1 aliphatic heterocycles. The van der Waals surface area contributed by atoms with Crippen LogP contribution >= 0.6 is 0 Å². The summed E-state index contributed by atoms with van der Waals surface area (Å²) in [4.78, 5) is 25.1. The Morgan fingerprint density at radius 1 is 1.53 bits per heavy atom. The van der Waals surface area contributed by atoms with Crippen molar-refractivity contribution in [2.45, 2.75) is 18.9 Å². The summed E-state index contributed by atoms with van der Waals surface area (Å²) in [6.07, 6.45) is 2.67. The molecule has 0 radical (unpaired) electrons. The van der Waals surface area contributed by atoms with Gasteiger partial charge in [-0.25, -0.2) is 0 Å². The Bertz CT molecular complexity index is 481. The van der Waals surface area contributed by atoms with Gasteiger partial charge < -0.3 is 14.6 Å². The Morgan fingerprint density at radius 2 is 2.29 bits per heavy atom. The first kappa shape index (κ1) is 11.9. The number of carbonyl (C=O) groups excluding carboxylic acids is 1. The van der Waals surface area contributed by atoms with E-state index in [4.69, 9.17) is 0 Å². The molecule has 5 nitrogen and oxygen atoms in total. The third-order valence-corrected chi connectivity index (χ3v) is 3.03. The van der Waals surface area contributed by atoms with Crippen LogP contribution in [-0.2, 0) is 7.05 Å². The number of β-amino-alcohol motifs (C(OH)–C–C–N with tert-alkyl or cyclic N) is 1. The van der Waals surface area contributed by atoms with E-state index in [-0.39, 0.29) is 11.5 Å². The Labute approximate surface area is 99.3 Å². The predicted molar refractivity (Wildman–Crippen MR) is 62.8 cm³/mol. The van der Waals surface area contributed by atoms with Crippen molar-refractivity contribution >= 4 is 5.91 Å². The summed E-state index contributed by atoms with van der Waals surface area (Å²) in [7, 11) is 1.64. The topological polar surface area (TPSA) is 62.5 Å². The lowest BCUT2D eigenvalue weighted by atomic mass is 10.1. The van der Waals surface area contributed by atoms with Crippen LogP contribution in [0.3, 0.4) is 0 Å². The number of aliphatic hydroxyl groups is 1. The van der Waals surface area contributed by atoms with Crippen molar-refractivity contribution < 1.29 is 9.90 Å². The van der Waals surface area contributed by atoms with Crippen molar-refractivity contribution in [3.63, 3.8) is 0 Å². The third kappa shape index (κ3) is 2.55. The molecule has 2 heterocycles. The lowest BCUT2D eigenvalue weighted by Gasteiger charge is -2.30. The standard InChI is InChI=1S/C12H16N2O3/c1-13-6-4-9(7-11(13)16)12(17)14-5-2-3-10(15)8-14/h4,6-7,10,15H,2-3,5,8H2,1H3/t10-/m0/s1. The van der Waals surface area contributed by atoms with Crippen LogP contribution in [0.1, 0.15) is 23.2 Å². The fourth-order valence-corrected chi connectivity index (χ4v) is 2.00. The molecule has 92 valence electrons. The number of hydrogen-bond acceptors (Lipinski definition) is 3. The van der Waals surface area contributed by atoms with E-state index in [2.05, 4.69) is 0 Å². The molecule has 1 aromatic heterocycles. The molecule has 1 N–H and O–H groups in total. The van der Waals surface area contributed by atoms with Crippen molar-refractivity contribution in [2.24, 2.45) is 7.05 Å². The number of amides is 1. The SMILES string of the molecule is Cn1ccc(C(=O)N2CCC[C@H](O)C2)cc1=O. The molecule has 1 aliphatic rings. The van der Waals surface area contributed by atoms with Gasteiger partial charge in [-0.2, -0.15) is 0 Å². The molecule has 1 aromatic rings. The van der Waals surface area contributed by atoms with E-state index in [9.17, 15) is 14.7 Å². The van der Waals surface area contributed by atoms with Crippen LogP contribution in [0.15, 0.2) is 23.1 Å². The average molecular weight is 236 g/mol. The maximum Gasteiger partial charge on any atom is 0.254 e. The van der Waals surface area contributed by atoms with E-state index in [0.717, 1.165) is 12.8 Å². The molecule has 0 spiro atoms. The molecule has 2 rings (SSSR count). The molecule has 0 saturated carbocycles. The number of rotatable bonds is 1. The largest absolute Gasteiger partial charge is 0.391 e. The van der Waals surface area contributed by atoms with E-state index in [1.165, 1.54) is 10.6 Å². The number of pyridine rings is 1. The van der Waals surface area contributed by atoms with Crippen molar-refractivity contribution in [1.82, 2.24) is 9.47 Å². The fraction of sp³-hybridized carbons (Fsp3) is 0.500. The molecule has 5 heteroatoms. The summed E-state index contributed by atoms with van der Waals surface area (Å²) in [6.45, 7) is 0.999. The monoisotopic (exact) mass is 236 g/mol. The number of aryl methyl sites for hydroxylation is 1. The first-order valence-corrected chi connectivity index (χ1v) is 5.72. The highest BCUT2D eigenvalue weighted by atomic mass is 16.3. The van der Waals surface area contributed by atoms with Gasteiger partial charge in [0.2, 0.25) is 0 Å². The molecule has 0 aliphatic carbocycles. The zero-order valence-electron chi connectivity index (χ0n) is 9.80. The number of aliphatic hydroxyl groups excluding tert-OH is 1. The Kier molecular flexibility index (Phi) is 3.28. The summed E-state index contributed by atoms with van der Waals surface area (Å²) in [5, 5.41) is 9.51. The molecule has 0 aromatic carbocycles. The minimum Gasteiger partial charge on any atom is -0.391 e. The smallest absolute Gasteiger partial charge is 0.254 e. The van der Waals surface area contributed by atoms with Crippen LogP contribution in [-0.4, -0.2) is 39.7 Å². The number of likely N-dealkylation sites (tertiary alicyclic amines) is 1. The van der Waals surface area contributed by atoms with Gasteiger partial charge in [0.1, 0.15) is 0 Å². The van der Waals surface area contributed by atoms with Crippen LogP contribution in [0.2, 0.25) is 0 Å². The van der Waals surface area contributed by atoms with Gasteiger partial charge >= 0.3 is 0 Å². The second-order valence-electron chi connectivity index (χ2n) is 4.41. The molecule has 1 atom stereocenters. The van der Waals surface area contributed by atoms with Crippen molar-refractivity contribution in [3.8, 4) is 0 Å². The van der Waals surface area contributed by atoms with Crippen LogP contribution in [0, 0.1) is 0 Å². The quantitative estimate of drug-likeness (QED) is 0.745. The Balaban J connectivity index is 2.18. The third-order valence-electron chi connectivity index (χ3n) is 3.03. The van der Waals surface area contributed by atoms with E-state index in [0.29, 0.717) is 18.7 Å². The van der Waals surface area contributed by atoms with E-state index >= 15 is 0 Å². The van der Waals surface area contributed by atoms with Crippen LogP contribution < -0.4 is 5.56 Å². The van der Waals surface area contributed by atoms with E-state index in [1.54, 1.807) is 24.2 Å². The lowest BCUT2D eigenvalue weighted by Crippen LogP contribution is -2.42. The molecule has 0 unspecified atom stereocenters. The maximum absolute atomic E-state index is 12.1. The molecule has 0 bridgehead atoms. The highest BCUT2D eigenvalue weighted by Crippen LogP contribution is 2.12. The molecular weight excluding hydrogens is 220 g/mol. The summed E-state index contributed by atoms with van der Waals surface area (Å²) >= 11 is 0. The van der Waals surface area contributed by atoms with Gasteiger partial charge in [0, 0.05) is 38.0 Å². The average Bonchev–Trinajstić information content (AvgIpc) is 2.32. The zero-order chi connectivity index (χ0) is 12.4. The Morgan fingerprint density at radius 3 is 2.94 bits per heavy atom. The number of piperidine rings is 1. The normalized spacial score (nSPS) is 20.4. The predicted octanol–water partition coefficient (Wildman–Crippen LogP) is -0.0178. The molecular formula is C12H16N2O3. The van der Waals surface area contributed by atoms with Gasteiger partial charge in [-0.1, -0.05) is 0 Å². The van der Waals surface area contributed by atoms with Gasteiger partial charge in [-0.15, -0.1) is 0 Å². The lowest BCUT2D eigenvalue weighted by molar-refractivity contribution is 0.0473. The number of hydrogen-bond donors (Lipinski definition) is 1. The van der Waals surface area contributed by atoms with Crippen molar-refractivity contribution in [3.05, 3.63) is 34.2 Å². The minimum atomic E-state index is -0.445. The highest BCUT2D eigenvalue weighted by molar-refractivity contribution is 5.94. The summed E-state index contributed by atoms with van der Waals surface area (Å²) < 4.78 is 1.42. The second kappa shape index (κ2) is 4.71. The first-order chi connectivity index (χ1) is 8.08. The minimum absolute atomic E-state index is 0.179. The van der Waals surface area contributed by atoms with Gasteiger partial charge in [0.15, 0.2) is 0 Å². The zero-order valence-corrected chi connectivity index (χ0v) is 9.80. The second-order valence-corrected chi connectivity index (χ2v) is 4.41. The van der Waals surface area contributed by atoms with Crippen LogP contribution in [0.5, 0.6) is 0 Å². The van der Waals surface area contributed by atoms with E-state index < -0.39 is 6.10 Å². The molecule has 17 heavy (non-hydrogen) atoms. The van der Waals surface area contributed by atoms with Crippen molar-refractivity contribution in [1.29, 1.82) is 0 Å². The first-order valence-electron chi connectivity index (χ1n) is 5.72. The molecule has 1 fully saturated rings. The Hall–Kier alpha value is -1.62. The maximum atomic E-state index is 12.1. The summed E-state index contributed by atoms with van der Waals surface area (Å²) in [5.41, 5.74) is 0.190. The number of aromatic nitrogens is 1. The van der Waals surface area contributed by atoms with Gasteiger partial charge in [-0.05, 0) is 18.9 Å². The van der Waals surface area contributed by atoms with Crippen molar-refractivity contribution in [2.75, 3.05) is 13.1 Å². The van der Waals surface area contributed by atoms with Gasteiger partial charge in [0.25, 0.3) is 11.5 Å². The van der Waals surface area contributed by atoms with Gasteiger partial charge in [0.05, 0.1) is 6.10 Å². The molecule has 1 saturated heterocycles. The summed E-state index contributed by atoms with van der Waals surface area (Å²) in [6, 6.07) is 2.97. The van der Waals surface area contributed by atoms with Crippen LogP contribution in [0.4, 0.5) is 0 Å². The fourth-order valence-electron chi connectivity index (χ4n) is 2.00. The summed E-state index contributed by atoms with van der Waals surface area (Å²) in [5.74, 6) is -0.179. The van der Waals surface area contributed by atoms with Crippen LogP contribution in [0.25, 0.3) is 0 Å². The number of nitrogens with zero attached hydrogens (tertiary/aromatic N) is 2. The molecule has 1 amide bonds. The van der Waals surface area contributed by atoms with E-state index in [1.807, 2.05) is 0 Å².